The highest BCUT2D eigenvalue weighted by Gasteiger charge is 2.23. The topological polar surface area (TPSA) is 55.2 Å². The molecule has 5 heteroatoms. The Morgan fingerprint density at radius 3 is 2.80 bits per heavy atom. The molecule has 0 amide bonds. The molecule has 0 bridgehead atoms. The highest BCUT2D eigenvalue weighted by Crippen LogP contribution is 2.27. The van der Waals surface area contributed by atoms with E-state index in [1.54, 1.807) is 6.07 Å². The summed E-state index contributed by atoms with van der Waals surface area (Å²) < 4.78 is 13.5. The quantitative estimate of drug-likeness (QED) is 0.659. The molecular formula is C15H21FN2O2. The van der Waals surface area contributed by atoms with E-state index in [1.165, 1.54) is 31.4 Å². The van der Waals surface area contributed by atoms with Crippen molar-refractivity contribution in [1.29, 1.82) is 0 Å². The van der Waals surface area contributed by atoms with Crippen molar-refractivity contribution in [1.82, 2.24) is 5.32 Å². The van der Waals surface area contributed by atoms with Crippen LogP contribution in [0.15, 0.2) is 18.2 Å². The highest BCUT2D eigenvalue weighted by molar-refractivity contribution is 5.34. The van der Waals surface area contributed by atoms with E-state index in [2.05, 4.69) is 12.2 Å². The third kappa shape index (κ3) is 3.54. The summed E-state index contributed by atoms with van der Waals surface area (Å²) >= 11 is 0. The van der Waals surface area contributed by atoms with Gasteiger partial charge in [-0.1, -0.05) is 32.3 Å². The van der Waals surface area contributed by atoms with Crippen molar-refractivity contribution in [3.8, 4) is 0 Å². The maximum atomic E-state index is 13.5. The zero-order chi connectivity index (χ0) is 14.5. The molecule has 20 heavy (non-hydrogen) atoms. The standard InChI is InChI=1S/C15H21FN2O2/c1-2-12-5-3-4-6-14(12)17-10-11-7-8-15(18(19)20)13(16)9-11/h7-9,12,14,17H,2-6,10H2,1H3. The van der Waals surface area contributed by atoms with Gasteiger partial charge in [0.05, 0.1) is 4.92 Å². The molecule has 1 aromatic rings. The number of nitrogens with zero attached hydrogens (tertiary/aromatic N) is 1. The molecule has 0 aliphatic heterocycles. The van der Waals surface area contributed by atoms with Crippen LogP contribution >= 0.6 is 0 Å². The lowest BCUT2D eigenvalue weighted by Crippen LogP contribution is -2.37. The number of nitro groups is 1. The molecule has 4 nitrogen and oxygen atoms in total. The predicted octanol–water partition coefficient (Wildman–Crippen LogP) is 3.79. The summed E-state index contributed by atoms with van der Waals surface area (Å²) in [7, 11) is 0. The van der Waals surface area contributed by atoms with E-state index >= 15 is 0 Å². The van der Waals surface area contributed by atoms with Gasteiger partial charge in [-0.2, -0.15) is 4.39 Å². The second-order valence-electron chi connectivity index (χ2n) is 5.48. The average Bonchev–Trinajstić information content (AvgIpc) is 2.45. The fourth-order valence-corrected chi connectivity index (χ4v) is 3.02. The van der Waals surface area contributed by atoms with Gasteiger partial charge in [0.1, 0.15) is 0 Å². The normalized spacial score (nSPS) is 22.7. The zero-order valence-electron chi connectivity index (χ0n) is 11.8. The van der Waals surface area contributed by atoms with Crippen molar-refractivity contribution in [3.05, 3.63) is 39.7 Å². The molecule has 0 aromatic heterocycles. The molecule has 0 spiro atoms. The van der Waals surface area contributed by atoms with E-state index in [4.69, 9.17) is 0 Å². The molecule has 0 radical (unpaired) electrons. The number of nitro benzene ring substituents is 1. The summed E-state index contributed by atoms with van der Waals surface area (Å²) in [5, 5.41) is 14.0. The van der Waals surface area contributed by atoms with Crippen molar-refractivity contribution in [2.45, 2.75) is 51.6 Å². The van der Waals surface area contributed by atoms with Crippen LogP contribution in [-0.4, -0.2) is 11.0 Å². The Hall–Kier alpha value is -1.49. The zero-order valence-corrected chi connectivity index (χ0v) is 11.8. The van der Waals surface area contributed by atoms with E-state index in [9.17, 15) is 14.5 Å². The summed E-state index contributed by atoms with van der Waals surface area (Å²) in [6, 6.07) is 4.60. The monoisotopic (exact) mass is 280 g/mol. The SMILES string of the molecule is CCC1CCCCC1NCc1ccc([N+](=O)[O-])c(F)c1. The first-order valence-electron chi connectivity index (χ1n) is 7.28. The summed E-state index contributed by atoms with van der Waals surface area (Å²) in [5.74, 6) is -0.0726. The number of hydrogen-bond donors (Lipinski definition) is 1. The van der Waals surface area contributed by atoms with Gasteiger partial charge >= 0.3 is 5.69 Å². The lowest BCUT2D eigenvalue weighted by atomic mass is 9.83. The molecule has 0 heterocycles. The van der Waals surface area contributed by atoms with E-state index in [0.29, 0.717) is 18.5 Å². The molecule has 2 unspecified atom stereocenters. The van der Waals surface area contributed by atoms with Crippen molar-refractivity contribution in [3.63, 3.8) is 0 Å². The Labute approximate surface area is 118 Å². The van der Waals surface area contributed by atoms with Crippen LogP contribution in [0.3, 0.4) is 0 Å². The molecule has 110 valence electrons. The molecular weight excluding hydrogens is 259 g/mol. The van der Waals surface area contributed by atoms with Gasteiger partial charge in [0.2, 0.25) is 5.82 Å². The van der Waals surface area contributed by atoms with Crippen LogP contribution in [0.2, 0.25) is 0 Å². The molecule has 1 aliphatic rings. The molecule has 2 rings (SSSR count). The van der Waals surface area contributed by atoms with Gasteiger partial charge < -0.3 is 5.32 Å². The molecule has 1 aliphatic carbocycles. The molecule has 1 fully saturated rings. The Balaban J connectivity index is 1.96. The Morgan fingerprint density at radius 2 is 2.15 bits per heavy atom. The van der Waals surface area contributed by atoms with Gasteiger partial charge in [-0.25, -0.2) is 0 Å². The molecule has 1 N–H and O–H groups in total. The first-order chi connectivity index (χ1) is 9.61. The molecule has 1 saturated carbocycles. The van der Waals surface area contributed by atoms with Crippen LogP contribution in [0.1, 0.15) is 44.6 Å². The Bertz CT molecular complexity index is 479. The van der Waals surface area contributed by atoms with Gasteiger partial charge in [-0.15, -0.1) is 0 Å². The summed E-state index contributed by atoms with van der Waals surface area (Å²) in [6.45, 7) is 2.77. The Kier molecular flexibility index (Phi) is 5.06. The van der Waals surface area contributed by atoms with Crippen molar-refractivity contribution >= 4 is 5.69 Å². The summed E-state index contributed by atoms with van der Waals surface area (Å²) in [5.41, 5.74) is 0.298. The van der Waals surface area contributed by atoms with Gasteiger partial charge in [-0.3, -0.25) is 10.1 Å². The average molecular weight is 280 g/mol. The minimum atomic E-state index is -0.759. The smallest absolute Gasteiger partial charge is 0.304 e. The molecule has 2 atom stereocenters. The summed E-state index contributed by atoms with van der Waals surface area (Å²) in [4.78, 5) is 9.88. The first kappa shape index (κ1) is 14.9. The predicted molar refractivity (Wildman–Crippen MR) is 75.9 cm³/mol. The van der Waals surface area contributed by atoms with Crippen molar-refractivity contribution in [2.75, 3.05) is 0 Å². The van der Waals surface area contributed by atoms with Crippen LogP contribution in [0.5, 0.6) is 0 Å². The second-order valence-corrected chi connectivity index (χ2v) is 5.48. The molecule has 0 saturated heterocycles. The van der Waals surface area contributed by atoms with Crippen LogP contribution in [0.25, 0.3) is 0 Å². The van der Waals surface area contributed by atoms with Gasteiger partial charge in [0.15, 0.2) is 0 Å². The minimum absolute atomic E-state index is 0.460. The third-order valence-corrected chi connectivity index (χ3v) is 4.21. The Morgan fingerprint density at radius 1 is 1.40 bits per heavy atom. The fraction of sp³-hybridized carbons (Fsp3) is 0.600. The number of benzene rings is 1. The highest BCUT2D eigenvalue weighted by atomic mass is 19.1. The van der Waals surface area contributed by atoms with Crippen LogP contribution in [-0.2, 0) is 6.54 Å². The minimum Gasteiger partial charge on any atom is -0.310 e. The van der Waals surface area contributed by atoms with E-state index in [0.717, 1.165) is 18.4 Å². The number of hydrogen-bond acceptors (Lipinski definition) is 3. The van der Waals surface area contributed by atoms with Crippen LogP contribution < -0.4 is 5.32 Å². The number of halogens is 1. The van der Waals surface area contributed by atoms with Crippen LogP contribution in [0, 0.1) is 21.8 Å². The maximum Gasteiger partial charge on any atom is 0.304 e. The van der Waals surface area contributed by atoms with Crippen LogP contribution in [0.4, 0.5) is 10.1 Å². The van der Waals surface area contributed by atoms with Crippen molar-refractivity contribution < 1.29 is 9.31 Å². The third-order valence-electron chi connectivity index (χ3n) is 4.21. The lowest BCUT2D eigenvalue weighted by Gasteiger charge is -2.31. The van der Waals surface area contributed by atoms with E-state index in [-0.39, 0.29) is 0 Å². The lowest BCUT2D eigenvalue weighted by molar-refractivity contribution is -0.387. The first-order valence-corrected chi connectivity index (χ1v) is 7.28. The maximum absolute atomic E-state index is 13.5. The van der Waals surface area contributed by atoms with Gasteiger partial charge in [-0.05, 0) is 30.4 Å². The second kappa shape index (κ2) is 6.79. The summed E-state index contributed by atoms with van der Waals surface area (Å²) in [6.07, 6.45) is 6.11. The molecule has 1 aromatic carbocycles. The number of nitrogens with one attached hydrogen (secondary N) is 1. The van der Waals surface area contributed by atoms with E-state index < -0.39 is 16.4 Å². The largest absolute Gasteiger partial charge is 0.310 e. The van der Waals surface area contributed by atoms with Gasteiger partial charge in [0.25, 0.3) is 0 Å². The van der Waals surface area contributed by atoms with E-state index in [1.807, 2.05) is 0 Å². The number of rotatable bonds is 5. The fourth-order valence-electron chi connectivity index (χ4n) is 3.02. The van der Waals surface area contributed by atoms with Gasteiger partial charge in [0, 0.05) is 18.7 Å². The van der Waals surface area contributed by atoms with Crippen molar-refractivity contribution in [2.24, 2.45) is 5.92 Å².